The van der Waals surface area contributed by atoms with Gasteiger partial charge in [-0.15, -0.1) is 0 Å². The lowest BCUT2D eigenvalue weighted by molar-refractivity contribution is 0.613. The molecular weight excluding hydrogens is 291 g/mol. The molecule has 1 aliphatic carbocycles. The van der Waals surface area contributed by atoms with Crippen LogP contribution in [0.4, 0.5) is 16.2 Å². The first-order valence-corrected chi connectivity index (χ1v) is 8.28. The summed E-state index contributed by atoms with van der Waals surface area (Å²) in [4.78, 5) is 9.14. The van der Waals surface area contributed by atoms with Crippen LogP contribution in [-0.2, 0) is 6.54 Å². The van der Waals surface area contributed by atoms with Gasteiger partial charge in [0, 0.05) is 30.1 Å². The fourth-order valence-electron chi connectivity index (χ4n) is 2.36. The third-order valence-corrected chi connectivity index (χ3v) is 4.15. The molecule has 0 radical (unpaired) electrons. The molecule has 4 nitrogen and oxygen atoms in total. The van der Waals surface area contributed by atoms with Gasteiger partial charge in [0.05, 0.1) is 5.69 Å². The van der Waals surface area contributed by atoms with Gasteiger partial charge >= 0.3 is 0 Å². The first kappa shape index (κ1) is 15.7. The summed E-state index contributed by atoms with van der Waals surface area (Å²) >= 11 is 0. The second-order valence-corrected chi connectivity index (χ2v) is 6.17. The molecule has 1 fully saturated rings. The highest BCUT2D eigenvalue weighted by Gasteiger charge is 2.26. The second-order valence-electron chi connectivity index (χ2n) is 6.17. The van der Waals surface area contributed by atoms with E-state index in [4.69, 9.17) is 0 Å². The number of nitrogens with one attached hydrogen (secondary N) is 2. The Balaban J connectivity index is 1.76. The van der Waals surface area contributed by atoms with Gasteiger partial charge < -0.3 is 10.6 Å². The van der Waals surface area contributed by atoms with Gasteiger partial charge in [-0.2, -0.15) is 4.98 Å². The maximum Gasteiger partial charge on any atom is 0.225 e. The normalized spacial score (nSPS) is 15.3. The van der Waals surface area contributed by atoms with E-state index in [1.807, 2.05) is 12.1 Å². The predicted octanol–water partition coefficient (Wildman–Crippen LogP) is 4.32. The van der Waals surface area contributed by atoms with Crippen LogP contribution in [0.5, 0.6) is 0 Å². The van der Waals surface area contributed by atoms with Gasteiger partial charge in [-0.25, -0.2) is 9.37 Å². The van der Waals surface area contributed by atoms with E-state index in [1.54, 1.807) is 12.1 Å². The van der Waals surface area contributed by atoms with Crippen molar-refractivity contribution >= 4 is 11.8 Å². The predicted molar refractivity (Wildman–Crippen MR) is 91.1 cm³/mol. The van der Waals surface area contributed by atoms with Gasteiger partial charge in [-0.3, -0.25) is 0 Å². The molecular formula is C18H23FN4. The van der Waals surface area contributed by atoms with Gasteiger partial charge in [0.25, 0.3) is 0 Å². The molecule has 5 heteroatoms. The summed E-state index contributed by atoms with van der Waals surface area (Å²) < 4.78 is 13.7. The number of aromatic nitrogens is 2. The highest BCUT2D eigenvalue weighted by atomic mass is 19.1. The van der Waals surface area contributed by atoms with E-state index in [0.29, 0.717) is 30.0 Å². The molecule has 1 aromatic carbocycles. The van der Waals surface area contributed by atoms with Crippen molar-refractivity contribution < 1.29 is 4.39 Å². The lowest BCUT2D eigenvalue weighted by Gasteiger charge is -2.14. The summed E-state index contributed by atoms with van der Waals surface area (Å²) in [6.07, 6.45) is 3.38. The summed E-state index contributed by atoms with van der Waals surface area (Å²) in [5, 5.41) is 6.55. The minimum absolute atomic E-state index is 0.200. The van der Waals surface area contributed by atoms with Gasteiger partial charge in [-0.05, 0) is 32.3 Å². The van der Waals surface area contributed by atoms with Crippen molar-refractivity contribution in [2.75, 3.05) is 10.6 Å². The number of hydrogen-bond acceptors (Lipinski definition) is 4. The van der Waals surface area contributed by atoms with E-state index in [0.717, 1.165) is 17.9 Å². The van der Waals surface area contributed by atoms with Crippen molar-refractivity contribution in [2.45, 2.75) is 51.6 Å². The zero-order valence-electron chi connectivity index (χ0n) is 13.6. The summed E-state index contributed by atoms with van der Waals surface area (Å²) in [7, 11) is 0. The average molecular weight is 314 g/mol. The van der Waals surface area contributed by atoms with E-state index >= 15 is 0 Å². The molecule has 1 aromatic heterocycles. The topological polar surface area (TPSA) is 49.8 Å². The first-order chi connectivity index (χ1) is 11.2. The average Bonchev–Trinajstić information content (AvgIpc) is 3.39. The highest BCUT2D eigenvalue weighted by Crippen LogP contribution is 2.39. The number of rotatable bonds is 7. The van der Waals surface area contributed by atoms with E-state index in [1.165, 1.54) is 18.9 Å². The maximum absolute atomic E-state index is 13.7. The summed E-state index contributed by atoms with van der Waals surface area (Å²) in [5.74, 6) is 1.75. The van der Waals surface area contributed by atoms with E-state index in [9.17, 15) is 4.39 Å². The van der Waals surface area contributed by atoms with Crippen molar-refractivity contribution in [3.63, 3.8) is 0 Å². The van der Waals surface area contributed by atoms with Crippen LogP contribution in [0.15, 0.2) is 30.3 Å². The molecule has 1 atom stereocenters. The van der Waals surface area contributed by atoms with Crippen LogP contribution < -0.4 is 10.6 Å². The van der Waals surface area contributed by atoms with Crippen LogP contribution in [-0.4, -0.2) is 16.0 Å². The number of halogens is 1. The highest BCUT2D eigenvalue weighted by molar-refractivity contribution is 5.45. The Bertz CT molecular complexity index is 670. The lowest BCUT2D eigenvalue weighted by atomic mass is 10.2. The van der Waals surface area contributed by atoms with Crippen molar-refractivity contribution in [3.8, 4) is 0 Å². The zero-order chi connectivity index (χ0) is 16.2. The first-order valence-electron chi connectivity index (χ1n) is 8.28. The number of hydrogen-bond donors (Lipinski definition) is 2. The second kappa shape index (κ2) is 6.94. The van der Waals surface area contributed by atoms with Crippen LogP contribution in [0.2, 0.25) is 0 Å². The lowest BCUT2D eigenvalue weighted by Crippen LogP contribution is -2.17. The molecule has 122 valence electrons. The molecule has 1 saturated carbocycles. The Morgan fingerprint density at radius 3 is 2.74 bits per heavy atom. The van der Waals surface area contributed by atoms with E-state index < -0.39 is 0 Å². The molecule has 1 aliphatic rings. The van der Waals surface area contributed by atoms with Crippen LogP contribution in [0.3, 0.4) is 0 Å². The molecule has 1 heterocycles. The summed E-state index contributed by atoms with van der Waals surface area (Å²) in [5.41, 5.74) is 1.71. The molecule has 23 heavy (non-hydrogen) atoms. The summed E-state index contributed by atoms with van der Waals surface area (Å²) in [6, 6.07) is 9.10. The molecule has 2 aromatic rings. The fourth-order valence-corrected chi connectivity index (χ4v) is 2.36. The van der Waals surface area contributed by atoms with Crippen LogP contribution in [0.1, 0.15) is 50.3 Å². The van der Waals surface area contributed by atoms with Gasteiger partial charge in [0.15, 0.2) is 0 Å². The number of benzene rings is 1. The Kier molecular flexibility index (Phi) is 4.74. The Labute approximate surface area is 136 Å². The molecule has 0 aliphatic heterocycles. The monoisotopic (exact) mass is 314 g/mol. The molecule has 2 N–H and O–H groups in total. The largest absolute Gasteiger partial charge is 0.366 e. The molecule has 0 spiro atoms. The van der Waals surface area contributed by atoms with Crippen molar-refractivity contribution in [3.05, 3.63) is 47.4 Å². The number of nitrogens with zero attached hydrogens (tertiary/aromatic N) is 2. The van der Waals surface area contributed by atoms with Crippen LogP contribution in [0, 0.1) is 5.82 Å². The van der Waals surface area contributed by atoms with Crippen molar-refractivity contribution in [1.82, 2.24) is 9.97 Å². The molecule has 0 unspecified atom stereocenters. The van der Waals surface area contributed by atoms with Crippen molar-refractivity contribution in [1.29, 1.82) is 0 Å². The number of anilines is 2. The Morgan fingerprint density at radius 1 is 1.26 bits per heavy atom. The smallest absolute Gasteiger partial charge is 0.225 e. The van der Waals surface area contributed by atoms with Crippen LogP contribution >= 0.6 is 0 Å². The van der Waals surface area contributed by atoms with Gasteiger partial charge in [-0.1, -0.05) is 25.1 Å². The molecule has 0 amide bonds. The van der Waals surface area contributed by atoms with E-state index in [-0.39, 0.29) is 5.82 Å². The SMILES string of the molecule is CC[C@H](C)Nc1nc(NCc2ccccc2F)cc(C2CC2)n1. The molecule has 3 rings (SSSR count). The third-order valence-electron chi connectivity index (χ3n) is 4.15. The van der Waals surface area contributed by atoms with E-state index in [2.05, 4.69) is 34.4 Å². The Morgan fingerprint density at radius 2 is 2.04 bits per heavy atom. The Hall–Kier alpha value is -2.17. The summed E-state index contributed by atoms with van der Waals surface area (Å²) in [6.45, 7) is 4.65. The zero-order valence-corrected chi connectivity index (χ0v) is 13.6. The minimum Gasteiger partial charge on any atom is -0.366 e. The van der Waals surface area contributed by atoms with Gasteiger partial charge in [0.1, 0.15) is 11.6 Å². The fraction of sp³-hybridized carbons (Fsp3) is 0.444. The maximum atomic E-state index is 13.7. The molecule has 0 bridgehead atoms. The quantitative estimate of drug-likeness (QED) is 0.799. The molecule has 0 saturated heterocycles. The van der Waals surface area contributed by atoms with Gasteiger partial charge in [0.2, 0.25) is 5.95 Å². The third kappa shape index (κ3) is 4.18. The van der Waals surface area contributed by atoms with Crippen LogP contribution in [0.25, 0.3) is 0 Å². The standard InChI is InChI=1S/C18H23FN4/c1-3-12(2)21-18-22-16(13-8-9-13)10-17(23-18)20-11-14-6-4-5-7-15(14)19/h4-7,10,12-13H,3,8-9,11H2,1-2H3,(H2,20,21,22,23)/t12-/m0/s1. The minimum atomic E-state index is -0.200. The van der Waals surface area contributed by atoms with Crippen molar-refractivity contribution in [2.24, 2.45) is 0 Å².